The van der Waals surface area contributed by atoms with E-state index in [1.54, 1.807) is 29.7 Å². The average Bonchev–Trinajstić information content (AvgIpc) is 3.48. The molecule has 3 heterocycles. The number of thiazole rings is 1. The summed E-state index contributed by atoms with van der Waals surface area (Å²) >= 11 is 1.63. The predicted octanol–water partition coefficient (Wildman–Crippen LogP) is 3.21. The minimum atomic E-state index is -4.01. The number of nitrogens with zero attached hydrogens (tertiary/aromatic N) is 3. The quantitative estimate of drug-likeness (QED) is 0.124. The van der Waals surface area contributed by atoms with Gasteiger partial charge in [-0.15, -0.1) is 11.3 Å². The van der Waals surface area contributed by atoms with E-state index < -0.39 is 7.82 Å². The summed E-state index contributed by atoms with van der Waals surface area (Å²) in [6.45, 7) is 2.58. The van der Waals surface area contributed by atoms with E-state index in [9.17, 15) is 4.57 Å². The number of hydrogen-bond acceptors (Lipinski definition) is 11. The first-order chi connectivity index (χ1) is 16.9. The number of aromatic nitrogens is 3. The van der Waals surface area contributed by atoms with Crippen molar-refractivity contribution < 1.29 is 27.8 Å². The molecule has 11 nitrogen and oxygen atoms in total. The molecule has 0 saturated carbocycles. The van der Waals surface area contributed by atoms with E-state index in [-0.39, 0.29) is 13.3 Å². The Labute approximate surface area is 207 Å². The highest BCUT2D eigenvalue weighted by Crippen LogP contribution is 2.41. The van der Waals surface area contributed by atoms with Crippen molar-refractivity contribution in [2.45, 2.75) is 19.8 Å². The molecule has 0 aliphatic rings. The third-order valence-electron chi connectivity index (χ3n) is 4.76. The number of nitrogens with one attached hydrogen (secondary N) is 1. The highest BCUT2D eigenvalue weighted by atomic mass is 32.1. The average molecular weight is 522 g/mol. The number of aryl methyl sites for hydroxylation is 1. The molecule has 0 aromatic carbocycles. The predicted molar refractivity (Wildman–Crippen MR) is 132 cm³/mol. The Balaban J connectivity index is 1.48. The van der Waals surface area contributed by atoms with Crippen molar-refractivity contribution in [2.24, 2.45) is 5.73 Å². The van der Waals surface area contributed by atoms with E-state index in [0.717, 1.165) is 36.1 Å². The van der Waals surface area contributed by atoms with Crippen LogP contribution in [0.4, 0.5) is 0 Å². The molecule has 0 spiro atoms. The lowest BCUT2D eigenvalue weighted by atomic mass is 10.1. The third-order valence-corrected chi connectivity index (χ3v) is 6.67. The van der Waals surface area contributed by atoms with Crippen LogP contribution in [0.15, 0.2) is 52.8 Å². The fourth-order valence-electron chi connectivity index (χ4n) is 2.87. The van der Waals surface area contributed by atoms with Crippen LogP contribution < -0.4 is 15.8 Å². The van der Waals surface area contributed by atoms with Crippen LogP contribution in [0.25, 0.3) is 5.57 Å². The first-order valence-corrected chi connectivity index (χ1v) is 13.0. The van der Waals surface area contributed by atoms with Crippen LogP contribution in [0.5, 0.6) is 5.88 Å². The molecule has 35 heavy (non-hydrogen) atoms. The molecule has 0 bridgehead atoms. The zero-order valence-corrected chi connectivity index (χ0v) is 21.1. The van der Waals surface area contributed by atoms with Gasteiger partial charge in [-0.05, 0) is 24.8 Å². The molecule has 0 aliphatic heterocycles. The van der Waals surface area contributed by atoms with Gasteiger partial charge in [0.2, 0.25) is 5.88 Å². The molecular weight excluding hydrogens is 493 g/mol. The molecule has 0 aliphatic carbocycles. The van der Waals surface area contributed by atoms with Gasteiger partial charge < -0.3 is 25.2 Å². The first-order valence-electron chi connectivity index (χ1n) is 10.6. The number of nitrogens with two attached hydrogens (primary N) is 1. The number of allylic oxidation sites excluding steroid dienone is 2. The van der Waals surface area contributed by atoms with Crippen molar-refractivity contribution in [2.75, 3.05) is 27.0 Å². The van der Waals surface area contributed by atoms with Gasteiger partial charge in [0.15, 0.2) is 5.76 Å². The van der Waals surface area contributed by atoms with E-state index in [1.165, 1.54) is 11.1 Å². The van der Waals surface area contributed by atoms with Crippen molar-refractivity contribution in [1.29, 1.82) is 0 Å². The summed E-state index contributed by atoms with van der Waals surface area (Å²) < 4.78 is 31.3. The second-order valence-electron chi connectivity index (χ2n) is 7.21. The van der Waals surface area contributed by atoms with Gasteiger partial charge in [0.05, 0.1) is 23.5 Å². The van der Waals surface area contributed by atoms with Gasteiger partial charge in [-0.3, -0.25) is 9.05 Å². The van der Waals surface area contributed by atoms with Crippen molar-refractivity contribution in [1.82, 2.24) is 20.4 Å². The lowest BCUT2D eigenvalue weighted by Gasteiger charge is -2.08. The number of pyridine rings is 1. The number of phosphoric acid groups is 1. The SMILES string of the molecule is COP(=O)(O)OCN/C=C\C=C(/CN)c1cc(Cc2ccc(OCCc3scnc3C)nc2)no1. The van der Waals surface area contributed by atoms with Gasteiger partial charge in [-0.1, -0.05) is 17.3 Å². The second-order valence-corrected chi connectivity index (χ2v) is 9.71. The minimum absolute atomic E-state index is 0.194. The van der Waals surface area contributed by atoms with E-state index in [2.05, 4.69) is 29.5 Å². The molecule has 3 aromatic heterocycles. The van der Waals surface area contributed by atoms with Crippen LogP contribution >= 0.6 is 19.2 Å². The monoisotopic (exact) mass is 521 g/mol. The Morgan fingerprint density at radius 2 is 2.23 bits per heavy atom. The van der Waals surface area contributed by atoms with Crippen molar-refractivity contribution in [3.8, 4) is 5.88 Å². The third kappa shape index (κ3) is 8.70. The molecule has 1 atom stereocenters. The summed E-state index contributed by atoms with van der Waals surface area (Å²) in [5.41, 5.74) is 11.1. The molecule has 0 radical (unpaired) electrons. The van der Waals surface area contributed by atoms with Crippen molar-refractivity contribution in [3.05, 3.63) is 75.8 Å². The zero-order valence-electron chi connectivity index (χ0n) is 19.4. The standard InChI is InChI=1S/C22H28N5O6PS/c1-16-21(35-15-26-16)7-9-31-22-6-5-17(13-25-22)10-19-11-20(33-27-19)18(12-23)4-3-8-24-14-32-34(28,29)30-2/h3-6,8,11,13,15,24H,7,9-10,12,14,23H2,1-2H3,(H,28,29)/b8-3-,18-4+. The lowest BCUT2D eigenvalue weighted by molar-refractivity contribution is 0.168. The van der Waals surface area contributed by atoms with Gasteiger partial charge in [0, 0.05) is 55.3 Å². The van der Waals surface area contributed by atoms with Crippen LogP contribution in [-0.2, 0) is 26.5 Å². The number of ether oxygens (including phenoxy) is 1. The molecule has 188 valence electrons. The Hall–Kier alpha value is -2.86. The fourth-order valence-corrected chi connectivity index (χ4v) is 3.98. The van der Waals surface area contributed by atoms with Gasteiger partial charge in [0.25, 0.3) is 0 Å². The Bertz CT molecular complexity index is 1180. The molecule has 1 unspecified atom stereocenters. The zero-order chi connectivity index (χ0) is 25.1. The maximum absolute atomic E-state index is 11.2. The van der Waals surface area contributed by atoms with E-state index in [4.69, 9.17) is 19.9 Å². The van der Waals surface area contributed by atoms with Gasteiger partial charge in [0.1, 0.15) is 6.73 Å². The van der Waals surface area contributed by atoms with Gasteiger partial charge in [-0.2, -0.15) is 0 Å². The smallest absolute Gasteiger partial charge is 0.473 e. The van der Waals surface area contributed by atoms with Crippen LogP contribution in [0.1, 0.15) is 27.6 Å². The largest absolute Gasteiger partial charge is 0.477 e. The summed E-state index contributed by atoms with van der Waals surface area (Å²) in [6, 6.07) is 5.61. The number of rotatable bonds is 14. The Morgan fingerprint density at radius 1 is 1.37 bits per heavy atom. The lowest BCUT2D eigenvalue weighted by Crippen LogP contribution is -2.09. The van der Waals surface area contributed by atoms with E-state index in [0.29, 0.717) is 24.7 Å². The minimum Gasteiger partial charge on any atom is -0.477 e. The molecule has 4 N–H and O–H groups in total. The fraction of sp³-hybridized carbons (Fsp3) is 0.318. The van der Waals surface area contributed by atoms with E-state index >= 15 is 0 Å². The maximum Gasteiger partial charge on any atom is 0.473 e. The molecule has 13 heteroatoms. The highest BCUT2D eigenvalue weighted by Gasteiger charge is 2.17. The number of hydrogen-bond donors (Lipinski definition) is 3. The van der Waals surface area contributed by atoms with Crippen molar-refractivity contribution in [3.63, 3.8) is 0 Å². The second kappa shape index (κ2) is 13.3. The Kier molecular flexibility index (Phi) is 10.2. The van der Waals surface area contributed by atoms with Crippen LogP contribution in [0.3, 0.4) is 0 Å². The summed E-state index contributed by atoms with van der Waals surface area (Å²) in [5.74, 6) is 1.12. The molecular formula is C22H28N5O6PS. The van der Waals surface area contributed by atoms with E-state index in [1.807, 2.05) is 30.6 Å². The normalized spacial score (nSPS) is 13.8. The molecule has 3 rings (SSSR count). The summed E-state index contributed by atoms with van der Waals surface area (Å²) in [7, 11) is -2.92. The summed E-state index contributed by atoms with van der Waals surface area (Å²) in [5, 5.41) is 6.82. The molecule has 0 fully saturated rings. The summed E-state index contributed by atoms with van der Waals surface area (Å²) in [4.78, 5) is 19.0. The van der Waals surface area contributed by atoms with Crippen LogP contribution in [0.2, 0.25) is 0 Å². The first kappa shape index (κ1) is 26.7. The number of phosphoric ester groups is 1. The Morgan fingerprint density at radius 3 is 2.91 bits per heavy atom. The van der Waals surface area contributed by atoms with Crippen molar-refractivity contribution >= 4 is 24.7 Å². The highest BCUT2D eigenvalue weighted by molar-refractivity contribution is 7.47. The van der Waals surface area contributed by atoms with Gasteiger partial charge >= 0.3 is 7.82 Å². The van der Waals surface area contributed by atoms with Gasteiger partial charge in [-0.25, -0.2) is 14.5 Å². The molecule has 0 saturated heterocycles. The topological polar surface area (TPSA) is 155 Å². The molecule has 0 amide bonds. The summed E-state index contributed by atoms with van der Waals surface area (Å²) in [6.07, 6.45) is 8.05. The van der Waals surface area contributed by atoms with Crippen LogP contribution in [0, 0.1) is 6.92 Å². The van der Waals surface area contributed by atoms with Crippen LogP contribution in [-0.4, -0.2) is 47.0 Å². The molecule has 3 aromatic rings. The maximum atomic E-state index is 11.2.